The lowest BCUT2D eigenvalue weighted by atomic mass is 9.72. The Morgan fingerprint density at radius 1 is 1.00 bits per heavy atom. The van der Waals surface area contributed by atoms with E-state index in [1.807, 2.05) is 20.8 Å². The molecule has 0 aliphatic heterocycles. The fourth-order valence-electron chi connectivity index (χ4n) is 4.46. The number of hydrogen-bond donors (Lipinski definition) is 2. The molecular formula is C25H25NO6S. The van der Waals surface area contributed by atoms with Crippen LogP contribution in [-0.4, -0.2) is 41.6 Å². The van der Waals surface area contributed by atoms with E-state index in [9.17, 15) is 28.8 Å². The summed E-state index contributed by atoms with van der Waals surface area (Å²) in [7, 11) is -1.32. The third kappa shape index (κ3) is 3.68. The molecule has 1 aliphatic carbocycles. The average molecular weight is 468 g/mol. The van der Waals surface area contributed by atoms with Gasteiger partial charge in [0.05, 0.1) is 16.3 Å². The minimum absolute atomic E-state index is 0.109. The third-order valence-electron chi connectivity index (χ3n) is 6.23. The van der Waals surface area contributed by atoms with E-state index in [2.05, 4.69) is 0 Å². The molecule has 0 radical (unpaired) electrons. The molecule has 1 atom stereocenters. The van der Waals surface area contributed by atoms with Crippen molar-refractivity contribution in [3.05, 3.63) is 65.4 Å². The Labute approximate surface area is 193 Å². The second-order valence-electron chi connectivity index (χ2n) is 9.36. The molecule has 33 heavy (non-hydrogen) atoms. The van der Waals surface area contributed by atoms with Gasteiger partial charge in [0, 0.05) is 32.7 Å². The van der Waals surface area contributed by atoms with Crippen LogP contribution in [0.25, 0.3) is 10.9 Å². The number of aliphatic carboxylic acids is 2. The van der Waals surface area contributed by atoms with Crippen LogP contribution < -0.4 is 0 Å². The van der Waals surface area contributed by atoms with E-state index in [4.69, 9.17) is 0 Å². The van der Waals surface area contributed by atoms with E-state index in [1.165, 1.54) is 0 Å². The highest BCUT2D eigenvalue weighted by atomic mass is 32.2. The van der Waals surface area contributed by atoms with Gasteiger partial charge >= 0.3 is 11.9 Å². The fourth-order valence-corrected chi connectivity index (χ4v) is 5.60. The minimum Gasteiger partial charge on any atom is -0.480 e. The van der Waals surface area contributed by atoms with Crippen LogP contribution in [0.15, 0.2) is 53.4 Å². The maximum Gasteiger partial charge on any atom is 0.321 e. The average Bonchev–Trinajstić information content (AvgIpc) is 3.10. The van der Waals surface area contributed by atoms with Crippen LogP contribution in [0.4, 0.5) is 0 Å². The van der Waals surface area contributed by atoms with Crippen LogP contribution >= 0.6 is 0 Å². The van der Waals surface area contributed by atoms with Crippen LogP contribution in [0, 0.1) is 5.41 Å². The number of para-hydroxylation sites is 1. The molecule has 2 aromatic carbocycles. The number of aromatic nitrogens is 1. The Morgan fingerprint density at radius 2 is 1.67 bits per heavy atom. The highest BCUT2D eigenvalue weighted by Gasteiger charge is 2.50. The summed E-state index contributed by atoms with van der Waals surface area (Å²) in [4.78, 5) is 38.1. The zero-order valence-electron chi connectivity index (χ0n) is 18.6. The molecule has 7 nitrogen and oxygen atoms in total. The number of nitrogens with zero attached hydrogens (tertiary/aromatic N) is 1. The van der Waals surface area contributed by atoms with Gasteiger partial charge in [-0.3, -0.25) is 23.2 Å². The van der Waals surface area contributed by atoms with Crippen LogP contribution in [-0.2, 0) is 33.2 Å². The van der Waals surface area contributed by atoms with Crippen molar-refractivity contribution in [3.8, 4) is 0 Å². The summed E-state index contributed by atoms with van der Waals surface area (Å²) >= 11 is 0. The van der Waals surface area contributed by atoms with Crippen LogP contribution in [0.5, 0.6) is 0 Å². The van der Waals surface area contributed by atoms with Crippen molar-refractivity contribution in [2.45, 2.75) is 49.7 Å². The zero-order valence-corrected chi connectivity index (χ0v) is 19.4. The smallest absolute Gasteiger partial charge is 0.321 e. The maximum atomic E-state index is 13.7. The van der Waals surface area contributed by atoms with Crippen molar-refractivity contribution in [1.29, 1.82) is 0 Å². The third-order valence-corrected chi connectivity index (χ3v) is 8.02. The number of rotatable bonds is 4. The molecule has 1 aromatic heterocycles. The van der Waals surface area contributed by atoms with Crippen molar-refractivity contribution in [3.63, 3.8) is 0 Å². The van der Waals surface area contributed by atoms with Crippen LogP contribution in [0.1, 0.15) is 48.8 Å². The van der Waals surface area contributed by atoms with Crippen molar-refractivity contribution in [1.82, 2.24) is 4.57 Å². The second kappa shape index (κ2) is 7.95. The van der Waals surface area contributed by atoms with Gasteiger partial charge in [-0.1, -0.05) is 24.3 Å². The molecule has 1 unspecified atom stereocenters. The molecule has 0 bridgehead atoms. The lowest BCUT2D eigenvalue weighted by molar-refractivity contribution is -0.165. The number of benzene rings is 2. The van der Waals surface area contributed by atoms with Gasteiger partial charge in [-0.2, -0.15) is 0 Å². The summed E-state index contributed by atoms with van der Waals surface area (Å²) in [6.45, 7) is 5.60. The van der Waals surface area contributed by atoms with E-state index in [1.54, 1.807) is 53.1 Å². The largest absolute Gasteiger partial charge is 0.480 e. The minimum atomic E-state index is -1.92. The molecule has 8 heteroatoms. The molecule has 4 rings (SSSR count). The highest BCUT2D eigenvalue weighted by molar-refractivity contribution is 7.86. The van der Waals surface area contributed by atoms with Gasteiger partial charge in [0.15, 0.2) is 5.41 Å². The number of hydrogen-bond acceptors (Lipinski definition) is 4. The second-order valence-corrected chi connectivity index (χ2v) is 11.6. The first-order valence-electron chi connectivity index (χ1n) is 10.6. The number of carbonyl (C=O) groups is 3. The van der Waals surface area contributed by atoms with Gasteiger partial charge in [-0.25, -0.2) is 0 Å². The number of fused-ring (bicyclic) bond motifs is 3. The zero-order chi connectivity index (χ0) is 24.1. The lowest BCUT2D eigenvalue weighted by Gasteiger charge is -2.29. The summed E-state index contributed by atoms with van der Waals surface area (Å²) in [6.07, 6.45) is -0.161. The monoisotopic (exact) mass is 467 g/mol. The molecular weight excluding hydrogens is 442 g/mol. The molecule has 172 valence electrons. The SMILES string of the molecule is CC(C)(C)S(=O)c1cccc(C(=O)n2c3c(c4ccccc42)CC(C(=O)O)(C(=O)O)CC3)c1. The number of carbonyl (C=O) groups excluding carboxylic acids is 1. The topological polar surface area (TPSA) is 114 Å². The molecule has 1 heterocycles. The Hall–Kier alpha value is -3.26. The normalized spacial score (nSPS) is 16.2. The first kappa shape index (κ1) is 22.9. The van der Waals surface area contributed by atoms with Gasteiger partial charge < -0.3 is 10.2 Å². The summed E-state index contributed by atoms with van der Waals surface area (Å²) in [5.41, 5.74) is 0.239. The molecule has 2 N–H and O–H groups in total. The molecule has 3 aromatic rings. The molecule has 0 saturated heterocycles. The predicted octanol–water partition coefficient (Wildman–Crippen LogP) is 3.88. The standard InChI is InChI=1S/C25H25NO6S/c1-24(2,3)33(32)16-8-6-7-15(13-16)21(27)26-19-10-5-4-9-17(19)18-14-25(22(28)29,23(30)31)12-11-20(18)26/h4-10,13H,11-12,14H2,1-3H3,(H,28,29)(H,30,31). The van der Waals surface area contributed by atoms with Gasteiger partial charge in [0.1, 0.15) is 0 Å². The number of carboxylic acids is 2. The van der Waals surface area contributed by atoms with Gasteiger partial charge in [-0.15, -0.1) is 0 Å². The Balaban J connectivity index is 1.87. The number of carboxylic acid groups (broad SMARTS) is 2. The predicted molar refractivity (Wildman–Crippen MR) is 124 cm³/mol. The summed E-state index contributed by atoms with van der Waals surface area (Å²) in [5.74, 6) is -3.07. The van der Waals surface area contributed by atoms with Crippen molar-refractivity contribution in [2.75, 3.05) is 0 Å². The Kier molecular flexibility index (Phi) is 5.52. The van der Waals surface area contributed by atoms with Crippen molar-refractivity contribution >= 4 is 39.5 Å². The van der Waals surface area contributed by atoms with E-state index < -0.39 is 32.9 Å². The van der Waals surface area contributed by atoms with Crippen molar-refractivity contribution < 1.29 is 28.8 Å². The van der Waals surface area contributed by atoms with Crippen LogP contribution in [0.3, 0.4) is 0 Å². The summed E-state index contributed by atoms with van der Waals surface area (Å²) in [5, 5.41) is 20.1. The summed E-state index contributed by atoms with van der Waals surface area (Å²) < 4.78 is 13.9. The maximum absolute atomic E-state index is 13.7. The lowest BCUT2D eigenvalue weighted by Crippen LogP contribution is -2.44. The van der Waals surface area contributed by atoms with Crippen molar-refractivity contribution in [2.24, 2.45) is 5.41 Å². The first-order valence-corrected chi connectivity index (χ1v) is 11.8. The molecule has 0 fully saturated rings. The van der Waals surface area contributed by atoms with Gasteiger partial charge in [0.2, 0.25) is 0 Å². The molecule has 0 saturated carbocycles. The van der Waals surface area contributed by atoms with Gasteiger partial charge in [0.25, 0.3) is 5.91 Å². The molecule has 0 spiro atoms. The molecule has 0 amide bonds. The van der Waals surface area contributed by atoms with Gasteiger partial charge in [-0.05, 0) is 63.4 Å². The quantitative estimate of drug-likeness (QED) is 0.563. The van der Waals surface area contributed by atoms with E-state index >= 15 is 0 Å². The van der Waals surface area contributed by atoms with E-state index in [0.717, 1.165) is 0 Å². The highest BCUT2D eigenvalue weighted by Crippen LogP contribution is 2.41. The Morgan fingerprint density at radius 3 is 2.30 bits per heavy atom. The Bertz CT molecular complexity index is 1320. The summed E-state index contributed by atoms with van der Waals surface area (Å²) in [6, 6.07) is 13.8. The van der Waals surface area contributed by atoms with E-state index in [0.29, 0.717) is 32.6 Å². The first-order chi connectivity index (χ1) is 15.5. The fraction of sp³-hybridized carbons (Fsp3) is 0.320. The molecule has 1 aliphatic rings. The van der Waals surface area contributed by atoms with E-state index in [-0.39, 0.29) is 25.2 Å². The van der Waals surface area contributed by atoms with Crippen LogP contribution in [0.2, 0.25) is 0 Å².